The van der Waals surface area contributed by atoms with Gasteiger partial charge in [-0.2, -0.15) is 18.3 Å². The van der Waals surface area contributed by atoms with E-state index >= 15 is 0 Å². The van der Waals surface area contributed by atoms with Gasteiger partial charge in [-0.25, -0.2) is 13.8 Å². The quantitative estimate of drug-likeness (QED) is 0.819. The molecular formula is C8H2BrF5N4. The number of rotatable bonds is 1. The van der Waals surface area contributed by atoms with Crippen molar-refractivity contribution in [2.45, 2.75) is 6.18 Å². The fraction of sp³-hybridized carbons (Fsp3) is 0.125. The number of nitrogens with one attached hydrogen (secondary N) is 1. The fourth-order valence-electron chi connectivity index (χ4n) is 1.15. The molecule has 0 saturated heterocycles. The highest BCUT2D eigenvalue weighted by Crippen LogP contribution is 2.34. The lowest BCUT2D eigenvalue weighted by atomic mass is 10.3. The number of H-pyrrole nitrogens is 1. The molecule has 2 heterocycles. The summed E-state index contributed by atoms with van der Waals surface area (Å²) < 4.78 is 62.9. The smallest absolute Gasteiger partial charge is 0.332 e. The van der Waals surface area contributed by atoms with E-state index in [2.05, 4.69) is 31.1 Å². The number of aromatic nitrogens is 4. The summed E-state index contributed by atoms with van der Waals surface area (Å²) in [5.41, 5.74) is -1.95. The van der Waals surface area contributed by atoms with E-state index in [4.69, 9.17) is 0 Å². The van der Waals surface area contributed by atoms with E-state index in [0.717, 1.165) is 0 Å². The van der Waals surface area contributed by atoms with Crippen molar-refractivity contribution in [3.05, 3.63) is 28.1 Å². The van der Waals surface area contributed by atoms with Gasteiger partial charge < -0.3 is 4.98 Å². The zero-order valence-electron chi connectivity index (χ0n) is 8.19. The van der Waals surface area contributed by atoms with E-state index in [-0.39, 0.29) is 0 Å². The molecule has 1 N–H and O–H groups in total. The maximum absolute atomic E-state index is 13.3. The van der Waals surface area contributed by atoms with Crippen LogP contribution in [0.2, 0.25) is 0 Å². The Morgan fingerprint density at radius 2 is 1.89 bits per heavy atom. The standard InChI is InChI=1S/C8H2BrF5N4/c9-6-5(8(12,13)14)16-7(17-6)4-3(11)2(10)1-15-18-4/h1H,(H,16,17). The van der Waals surface area contributed by atoms with Crippen LogP contribution in [-0.4, -0.2) is 20.2 Å². The molecule has 2 aromatic rings. The van der Waals surface area contributed by atoms with Crippen LogP contribution < -0.4 is 0 Å². The second-order valence-corrected chi connectivity index (χ2v) is 3.86. The predicted molar refractivity (Wildman–Crippen MR) is 52.2 cm³/mol. The van der Waals surface area contributed by atoms with Crippen molar-refractivity contribution >= 4 is 15.9 Å². The minimum absolute atomic E-state index is 0.501. The number of aromatic amines is 1. The summed E-state index contributed by atoms with van der Waals surface area (Å²) in [5, 5.41) is 6.30. The molecule has 96 valence electrons. The van der Waals surface area contributed by atoms with Gasteiger partial charge in [0, 0.05) is 0 Å². The van der Waals surface area contributed by atoms with Gasteiger partial charge in [0.15, 0.2) is 28.8 Å². The van der Waals surface area contributed by atoms with E-state index in [1.54, 1.807) is 0 Å². The number of imidazole rings is 1. The normalized spacial score (nSPS) is 11.9. The molecular weight excluding hydrogens is 327 g/mol. The molecule has 10 heteroatoms. The topological polar surface area (TPSA) is 54.5 Å². The molecule has 4 nitrogen and oxygen atoms in total. The van der Waals surface area contributed by atoms with Crippen LogP contribution in [0, 0.1) is 11.6 Å². The van der Waals surface area contributed by atoms with E-state index in [0.29, 0.717) is 6.20 Å². The highest BCUT2D eigenvalue weighted by atomic mass is 79.9. The number of halogens is 6. The predicted octanol–water partition coefficient (Wildman–Crippen LogP) is 2.93. The Labute approximate surface area is 104 Å². The zero-order valence-corrected chi connectivity index (χ0v) is 9.77. The Morgan fingerprint density at radius 1 is 1.22 bits per heavy atom. The number of nitrogens with zero attached hydrogens (tertiary/aromatic N) is 3. The first-order valence-electron chi connectivity index (χ1n) is 4.30. The largest absolute Gasteiger partial charge is 0.433 e. The van der Waals surface area contributed by atoms with Gasteiger partial charge in [-0.15, -0.1) is 5.10 Å². The molecule has 0 unspecified atom stereocenters. The van der Waals surface area contributed by atoms with E-state index in [9.17, 15) is 22.0 Å². The molecule has 0 spiro atoms. The van der Waals surface area contributed by atoms with Gasteiger partial charge in [-0.05, 0) is 15.9 Å². The average molecular weight is 329 g/mol. The Morgan fingerprint density at radius 3 is 2.44 bits per heavy atom. The first kappa shape index (κ1) is 12.9. The average Bonchev–Trinajstić information content (AvgIpc) is 2.64. The first-order valence-corrected chi connectivity index (χ1v) is 5.09. The molecule has 0 aliphatic carbocycles. The molecule has 2 rings (SSSR count). The molecule has 0 aliphatic rings. The van der Waals surface area contributed by atoms with Crippen LogP contribution in [0.5, 0.6) is 0 Å². The second kappa shape index (κ2) is 4.26. The van der Waals surface area contributed by atoms with Crippen molar-refractivity contribution in [3.8, 4) is 11.5 Å². The van der Waals surface area contributed by atoms with Crippen LogP contribution in [0.4, 0.5) is 22.0 Å². The van der Waals surface area contributed by atoms with Crippen molar-refractivity contribution in [2.75, 3.05) is 0 Å². The Hall–Kier alpha value is -1.58. The van der Waals surface area contributed by atoms with Gasteiger partial charge in [0.05, 0.1) is 6.20 Å². The molecule has 0 fully saturated rings. The zero-order chi connectivity index (χ0) is 13.5. The minimum Gasteiger partial charge on any atom is -0.332 e. The van der Waals surface area contributed by atoms with Crippen molar-refractivity contribution in [3.63, 3.8) is 0 Å². The third-order valence-corrected chi connectivity index (χ3v) is 2.49. The van der Waals surface area contributed by atoms with Gasteiger partial charge in [0.25, 0.3) is 0 Å². The highest BCUT2D eigenvalue weighted by molar-refractivity contribution is 9.10. The van der Waals surface area contributed by atoms with Gasteiger partial charge in [-0.1, -0.05) is 0 Å². The fourth-order valence-corrected chi connectivity index (χ4v) is 1.66. The van der Waals surface area contributed by atoms with Crippen LogP contribution in [0.15, 0.2) is 10.8 Å². The number of hydrogen-bond donors (Lipinski definition) is 1. The van der Waals surface area contributed by atoms with E-state index in [1.165, 1.54) is 0 Å². The van der Waals surface area contributed by atoms with Crippen LogP contribution in [-0.2, 0) is 6.18 Å². The van der Waals surface area contributed by atoms with Gasteiger partial charge in [0.1, 0.15) is 4.60 Å². The van der Waals surface area contributed by atoms with E-state index < -0.39 is 39.6 Å². The summed E-state index contributed by atoms with van der Waals surface area (Å²) in [7, 11) is 0. The third kappa shape index (κ3) is 2.19. The molecule has 0 bridgehead atoms. The molecule has 0 aromatic carbocycles. The Bertz CT molecular complexity index is 594. The minimum atomic E-state index is -4.71. The van der Waals surface area contributed by atoms with Crippen molar-refractivity contribution < 1.29 is 22.0 Å². The molecule has 0 amide bonds. The van der Waals surface area contributed by atoms with Gasteiger partial charge in [0.2, 0.25) is 0 Å². The Kier molecular flexibility index (Phi) is 3.05. The van der Waals surface area contributed by atoms with Crippen LogP contribution in [0.25, 0.3) is 11.5 Å². The summed E-state index contributed by atoms with van der Waals surface area (Å²) in [6.45, 7) is 0. The molecule has 18 heavy (non-hydrogen) atoms. The van der Waals surface area contributed by atoms with Crippen LogP contribution in [0.1, 0.15) is 5.69 Å². The third-order valence-electron chi connectivity index (χ3n) is 1.91. The molecule has 2 aromatic heterocycles. The monoisotopic (exact) mass is 328 g/mol. The molecule has 0 saturated carbocycles. The molecule has 0 atom stereocenters. The molecule has 0 aliphatic heterocycles. The SMILES string of the molecule is Fc1cnnc(-c2nc(Br)c(C(F)(F)F)[nH]2)c1F. The van der Waals surface area contributed by atoms with Crippen molar-refractivity contribution in [1.29, 1.82) is 0 Å². The van der Waals surface area contributed by atoms with Crippen molar-refractivity contribution in [1.82, 2.24) is 20.2 Å². The summed E-state index contributed by atoms with van der Waals surface area (Å²) >= 11 is 2.57. The number of hydrogen-bond acceptors (Lipinski definition) is 3. The summed E-state index contributed by atoms with van der Waals surface area (Å²) in [4.78, 5) is 5.19. The van der Waals surface area contributed by atoms with Gasteiger partial charge >= 0.3 is 6.18 Å². The summed E-state index contributed by atoms with van der Waals surface area (Å²) in [5.74, 6) is -3.33. The maximum Gasteiger partial charge on any atom is 0.433 e. The van der Waals surface area contributed by atoms with E-state index in [1.807, 2.05) is 4.98 Å². The summed E-state index contributed by atoms with van der Waals surface area (Å²) in [6, 6.07) is 0. The second-order valence-electron chi connectivity index (χ2n) is 3.10. The van der Waals surface area contributed by atoms with Crippen LogP contribution >= 0.6 is 15.9 Å². The lowest BCUT2D eigenvalue weighted by molar-refractivity contribution is -0.141. The maximum atomic E-state index is 13.3. The number of alkyl halides is 3. The lowest BCUT2D eigenvalue weighted by Gasteiger charge is -2.02. The summed E-state index contributed by atoms with van der Waals surface area (Å²) in [6.07, 6.45) is -4.21. The Balaban J connectivity index is 2.56. The van der Waals surface area contributed by atoms with Gasteiger partial charge in [-0.3, -0.25) is 0 Å². The first-order chi connectivity index (χ1) is 8.30. The van der Waals surface area contributed by atoms with Crippen molar-refractivity contribution in [2.24, 2.45) is 0 Å². The lowest BCUT2D eigenvalue weighted by Crippen LogP contribution is -2.06. The highest BCUT2D eigenvalue weighted by Gasteiger charge is 2.37. The van der Waals surface area contributed by atoms with Crippen LogP contribution in [0.3, 0.4) is 0 Å². The molecule has 0 radical (unpaired) electrons.